The first kappa shape index (κ1) is 18.4. The van der Waals surface area contributed by atoms with Gasteiger partial charge in [0.05, 0.1) is 17.2 Å². The maximum Gasteiger partial charge on any atom is 0.355 e. The fourth-order valence-corrected chi connectivity index (χ4v) is 3.95. The largest absolute Gasteiger partial charge is 0.461 e. The number of nitrogens with zero attached hydrogens (tertiary/aromatic N) is 2. The molecular formula is C17H18N4O3S2. The molecule has 9 heteroatoms. The number of nitrogens with one attached hydrogen (secondary N) is 2. The van der Waals surface area contributed by atoms with E-state index in [1.165, 1.54) is 11.8 Å². The number of aromatic nitrogens is 4. The molecule has 0 fully saturated rings. The Balaban J connectivity index is 1.70. The third-order valence-electron chi connectivity index (χ3n) is 3.75. The van der Waals surface area contributed by atoms with Crippen molar-refractivity contribution in [3.63, 3.8) is 0 Å². The average molecular weight is 390 g/mol. The number of aromatic amines is 2. The van der Waals surface area contributed by atoms with E-state index >= 15 is 0 Å². The molecule has 136 valence electrons. The topological polar surface area (TPSA) is 101 Å². The Bertz CT molecular complexity index is 928. The van der Waals surface area contributed by atoms with Crippen molar-refractivity contribution >= 4 is 34.9 Å². The molecule has 0 spiro atoms. The van der Waals surface area contributed by atoms with Gasteiger partial charge in [0.2, 0.25) is 5.16 Å². The van der Waals surface area contributed by atoms with Gasteiger partial charge in [0.15, 0.2) is 11.6 Å². The van der Waals surface area contributed by atoms with Gasteiger partial charge in [-0.25, -0.2) is 9.78 Å². The van der Waals surface area contributed by atoms with E-state index in [4.69, 9.17) is 4.74 Å². The van der Waals surface area contributed by atoms with Crippen molar-refractivity contribution in [2.45, 2.75) is 25.9 Å². The van der Waals surface area contributed by atoms with Crippen LogP contribution in [0.5, 0.6) is 0 Å². The molecule has 0 saturated heterocycles. The summed E-state index contributed by atoms with van der Waals surface area (Å²) in [7, 11) is 0. The molecule has 3 rings (SSSR count). The molecule has 0 aliphatic carbocycles. The lowest BCUT2D eigenvalue weighted by Gasteiger charge is -2.02. The van der Waals surface area contributed by atoms with Gasteiger partial charge in [0.1, 0.15) is 5.69 Å². The number of H-pyrrole nitrogens is 2. The van der Waals surface area contributed by atoms with Crippen LogP contribution in [0.1, 0.15) is 39.0 Å². The second-order valence-corrected chi connectivity index (χ2v) is 7.39. The van der Waals surface area contributed by atoms with Gasteiger partial charge >= 0.3 is 5.97 Å². The molecule has 2 N–H and O–H groups in total. The molecule has 3 aromatic heterocycles. The van der Waals surface area contributed by atoms with E-state index < -0.39 is 5.97 Å². The van der Waals surface area contributed by atoms with Crippen LogP contribution in [0, 0.1) is 13.8 Å². The molecule has 3 heterocycles. The first-order valence-corrected chi connectivity index (χ1v) is 9.86. The third-order valence-corrected chi connectivity index (χ3v) is 5.47. The van der Waals surface area contributed by atoms with Gasteiger partial charge < -0.3 is 9.72 Å². The van der Waals surface area contributed by atoms with E-state index in [1.54, 1.807) is 32.1 Å². The van der Waals surface area contributed by atoms with Crippen molar-refractivity contribution in [1.82, 2.24) is 20.2 Å². The standard InChI is InChI=1S/C17H18N4O3S2/c1-4-24-16(23)14-9(2)13(10(3)18-14)11(22)8-26-17-19-15(20-21-17)12-6-5-7-25-12/h5-7,18H,4,8H2,1-3H3,(H,19,20,21). The van der Waals surface area contributed by atoms with Crippen LogP contribution < -0.4 is 0 Å². The molecule has 3 aromatic rings. The number of ether oxygens (including phenoxy) is 1. The quantitative estimate of drug-likeness (QED) is 0.363. The molecule has 7 nitrogen and oxygen atoms in total. The summed E-state index contributed by atoms with van der Waals surface area (Å²) in [6.45, 7) is 5.55. The minimum atomic E-state index is -0.450. The number of aryl methyl sites for hydroxylation is 1. The summed E-state index contributed by atoms with van der Waals surface area (Å²) in [6.07, 6.45) is 0. The fraction of sp³-hybridized carbons (Fsp3) is 0.294. The van der Waals surface area contributed by atoms with Crippen LogP contribution in [0.15, 0.2) is 22.7 Å². The molecule has 0 saturated carbocycles. The van der Waals surface area contributed by atoms with Gasteiger partial charge in [-0.05, 0) is 37.8 Å². The Hall–Kier alpha value is -2.39. The van der Waals surface area contributed by atoms with Crippen molar-refractivity contribution in [3.05, 3.63) is 40.0 Å². The smallest absolute Gasteiger partial charge is 0.355 e. The van der Waals surface area contributed by atoms with E-state index in [0.717, 1.165) is 4.88 Å². The second kappa shape index (κ2) is 7.88. The van der Waals surface area contributed by atoms with Crippen molar-refractivity contribution in [1.29, 1.82) is 0 Å². The zero-order chi connectivity index (χ0) is 18.7. The Morgan fingerprint density at radius 2 is 2.15 bits per heavy atom. The van der Waals surface area contributed by atoms with E-state index in [9.17, 15) is 9.59 Å². The normalized spacial score (nSPS) is 10.9. The maximum absolute atomic E-state index is 12.6. The highest BCUT2D eigenvalue weighted by atomic mass is 32.2. The van der Waals surface area contributed by atoms with Crippen LogP contribution in [0.4, 0.5) is 0 Å². The number of ketones is 1. The Kier molecular flexibility index (Phi) is 5.58. The van der Waals surface area contributed by atoms with Gasteiger partial charge in [-0.1, -0.05) is 17.8 Å². The molecule has 0 amide bonds. The maximum atomic E-state index is 12.6. The Labute approximate surface area is 158 Å². The second-order valence-electron chi connectivity index (χ2n) is 5.50. The molecule has 0 aliphatic rings. The molecule has 0 bridgehead atoms. The number of hydrogen-bond acceptors (Lipinski definition) is 7. The first-order chi connectivity index (χ1) is 12.5. The van der Waals surface area contributed by atoms with Crippen molar-refractivity contribution < 1.29 is 14.3 Å². The minimum absolute atomic E-state index is 0.0840. The lowest BCUT2D eigenvalue weighted by atomic mass is 10.1. The number of Topliss-reactive ketones (excluding diaryl/α,β-unsaturated/α-hetero) is 1. The van der Waals surface area contributed by atoms with Gasteiger partial charge in [0, 0.05) is 11.3 Å². The number of thiophene rings is 1. The Morgan fingerprint density at radius 3 is 2.85 bits per heavy atom. The predicted octanol–water partition coefficient (Wildman–Crippen LogP) is 3.63. The van der Waals surface area contributed by atoms with Crippen molar-refractivity contribution in [2.24, 2.45) is 0 Å². The monoisotopic (exact) mass is 390 g/mol. The van der Waals surface area contributed by atoms with E-state index in [0.29, 0.717) is 33.5 Å². The number of carbonyl (C=O) groups is 2. The molecule has 0 aromatic carbocycles. The van der Waals surface area contributed by atoms with Crippen LogP contribution in [0.2, 0.25) is 0 Å². The van der Waals surface area contributed by atoms with Crippen molar-refractivity contribution in [3.8, 4) is 10.7 Å². The number of carbonyl (C=O) groups excluding carboxylic acids is 2. The predicted molar refractivity (Wildman–Crippen MR) is 101 cm³/mol. The van der Waals surface area contributed by atoms with E-state index in [2.05, 4.69) is 20.2 Å². The average Bonchev–Trinajstić information content (AvgIpc) is 3.33. The lowest BCUT2D eigenvalue weighted by molar-refractivity contribution is 0.0519. The summed E-state index contributed by atoms with van der Waals surface area (Å²) in [6, 6.07) is 3.89. The van der Waals surface area contributed by atoms with Crippen molar-refractivity contribution in [2.75, 3.05) is 12.4 Å². The highest BCUT2D eigenvalue weighted by Gasteiger charge is 2.23. The third kappa shape index (κ3) is 3.73. The van der Waals surface area contributed by atoms with E-state index in [1.807, 2.05) is 17.5 Å². The molecule has 0 aliphatic heterocycles. The van der Waals surface area contributed by atoms with Crippen LogP contribution in [0.3, 0.4) is 0 Å². The number of hydrogen-bond donors (Lipinski definition) is 2. The van der Waals surface area contributed by atoms with E-state index in [-0.39, 0.29) is 18.1 Å². The highest BCUT2D eigenvalue weighted by molar-refractivity contribution is 7.99. The van der Waals surface area contributed by atoms with Gasteiger partial charge in [-0.2, -0.15) is 0 Å². The van der Waals surface area contributed by atoms with Gasteiger partial charge in [-0.15, -0.1) is 16.4 Å². The number of rotatable bonds is 7. The van der Waals surface area contributed by atoms with Crippen LogP contribution in [-0.4, -0.2) is 44.3 Å². The van der Waals surface area contributed by atoms with Gasteiger partial charge in [-0.3, -0.25) is 9.89 Å². The zero-order valence-corrected chi connectivity index (χ0v) is 16.2. The molecular weight excluding hydrogens is 372 g/mol. The minimum Gasteiger partial charge on any atom is -0.461 e. The van der Waals surface area contributed by atoms with Crippen LogP contribution >= 0.6 is 23.1 Å². The number of esters is 1. The SMILES string of the molecule is CCOC(=O)c1[nH]c(C)c(C(=O)CSc2n[nH]c(-c3cccs3)n2)c1C. The first-order valence-electron chi connectivity index (χ1n) is 7.99. The molecule has 26 heavy (non-hydrogen) atoms. The van der Waals surface area contributed by atoms with Crippen LogP contribution in [-0.2, 0) is 4.74 Å². The van der Waals surface area contributed by atoms with Gasteiger partial charge in [0.25, 0.3) is 0 Å². The lowest BCUT2D eigenvalue weighted by Crippen LogP contribution is -2.08. The summed E-state index contributed by atoms with van der Waals surface area (Å²) >= 11 is 2.82. The summed E-state index contributed by atoms with van der Waals surface area (Å²) in [4.78, 5) is 32.9. The summed E-state index contributed by atoms with van der Waals surface area (Å²) < 4.78 is 5.01. The summed E-state index contributed by atoms with van der Waals surface area (Å²) in [5.74, 6) is 0.339. The molecule has 0 atom stereocenters. The zero-order valence-electron chi connectivity index (χ0n) is 14.6. The number of thioether (sulfide) groups is 1. The summed E-state index contributed by atoms with van der Waals surface area (Å²) in [5, 5.41) is 9.49. The van der Waals surface area contributed by atoms with Crippen LogP contribution in [0.25, 0.3) is 10.7 Å². The highest BCUT2D eigenvalue weighted by Crippen LogP contribution is 2.25. The molecule has 0 radical (unpaired) electrons. The fourth-order valence-electron chi connectivity index (χ4n) is 2.61. The Morgan fingerprint density at radius 1 is 1.35 bits per heavy atom. The molecule has 0 unspecified atom stereocenters. The summed E-state index contributed by atoms with van der Waals surface area (Å²) in [5.41, 5.74) is 2.12.